The van der Waals surface area contributed by atoms with E-state index < -0.39 is 19.2 Å². The third-order valence-electron chi connectivity index (χ3n) is 8.19. The molecule has 0 saturated carbocycles. The van der Waals surface area contributed by atoms with Gasteiger partial charge in [0.15, 0.2) is 23.8 Å². The molecule has 0 aliphatic carbocycles. The van der Waals surface area contributed by atoms with Crippen molar-refractivity contribution in [3.63, 3.8) is 0 Å². The molecule has 6 rings (SSSR count). The van der Waals surface area contributed by atoms with Crippen LogP contribution in [-0.4, -0.2) is 53.1 Å². The van der Waals surface area contributed by atoms with Crippen LogP contribution in [0.3, 0.4) is 0 Å². The molecule has 0 radical (unpaired) electrons. The van der Waals surface area contributed by atoms with Gasteiger partial charge in [-0.2, -0.15) is 0 Å². The molecule has 3 heterocycles. The third kappa shape index (κ3) is 4.97. The Hall–Kier alpha value is -4.16. The molecule has 0 spiro atoms. The molecule has 210 valence electrons. The topological polar surface area (TPSA) is 93.2 Å². The lowest BCUT2D eigenvalue weighted by Gasteiger charge is -2.32. The van der Waals surface area contributed by atoms with Crippen molar-refractivity contribution >= 4 is 35.2 Å². The normalized spacial score (nSPS) is 19.1. The molecular formula is C32H32N2O6P+. The molecule has 1 aromatic heterocycles. The van der Waals surface area contributed by atoms with E-state index in [4.69, 9.17) is 13.6 Å². The van der Waals surface area contributed by atoms with Crippen LogP contribution in [0.5, 0.6) is 0 Å². The fourth-order valence-corrected chi connectivity index (χ4v) is 11.2. The molecule has 2 aliphatic heterocycles. The minimum atomic E-state index is -2.36. The number of rotatable bonds is 7. The van der Waals surface area contributed by atoms with Crippen molar-refractivity contribution in [1.82, 2.24) is 9.80 Å². The summed E-state index contributed by atoms with van der Waals surface area (Å²) in [5, 5.41) is 3.57. The van der Waals surface area contributed by atoms with Gasteiger partial charge in [-0.1, -0.05) is 54.6 Å². The predicted molar refractivity (Wildman–Crippen MR) is 157 cm³/mol. The monoisotopic (exact) mass is 571 g/mol. The van der Waals surface area contributed by atoms with Crippen LogP contribution in [0.25, 0.3) is 0 Å². The molecule has 4 aromatic rings. The van der Waals surface area contributed by atoms with Crippen LogP contribution in [-0.2, 0) is 16.1 Å². The van der Waals surface area contributed by atoms with Crippen LogP contribution in [0, 0.1) is 6.92 Å². The van der Waals surface area contributed by atoms with Crippen LogP contribution in [0.1, 0.15) is 24.4 Å². The molecular weight excluding hydrogens is 539 g/mol. The van der Waals surface area contributed by atoms with Gasteiger partial charge < -0.3 is 23.4 Å². The highest BCUT2D eigenvalue weighted by Crippen LogP contribution is 2.62. The molecule has 2 fully saturated rings. The van der Waals surface area contributed by atoms with E-state index in [9.17, 15) is 14.4 Å². The van der Waals surface area contributed by atoms with E-state index in [-0.39, 0.29) is 35.7 Å². The molecule has 41 heavy (non-hydrogen) atoms. The quantitative estimate of drug-likeness (QED) is 0.313. The minimum absolute atomic E-state index is 0.0853. The van der Waals surface area contributed by atoms with Gasteiger partial charge in [0.2, 0.25) is 0 Å². The maximum absolute atomic E-state index is 14.5. The molecule has 2 saturated heterocycles. The number of hydrogen-bond donors (Lipinski definition) is 0. The van der Waals surface area contributed by atoms with E-state index in [1.54, 1.807) is 11.8 Å². The van der Waals surface area contributed by atoms with Crippen molar-refractivity contribution in [3.8, 4) is 0 Å². The van der Waals surface area contributed by atoms with E-state index in [0.29, 0.717) is 26.1 Å². The Balaban J connectivity index is 1.26. The van der Waals surface area contributed by atoms with Gasteiger partial charge in [-0.25, -0.2) is 9.59 Å². The van der Waals surface area contributed by atoms with E-state index in [1.807, 2.05) is 23.1 Å². The lowest BCUT2D eigenvalue weighted by molar-refractivity contribution is -0.129. The highest BCUT2D eigenvalue weighted by atomic mass is 31.2. The smallest absolute Gasteiger partial charge is 0.441 e. The van der Waals surface area contributed by atoms with Crippen LogP contribution < -0.4 is 21.7 Å². The summed E-state index contributed by atoms with van der Waals surface area (Å²) in [6.45, 7) is 2.94. The number of benzene rings is 3. The van der Waals surface area contributed by atoms with Crippen molar-refractivity contribution in [2.45, 2.75) is 38.1 Å². The van der Waals surface area contributed by atoms with Crippen LogP contribution in [0.4, 0.5) is 4.79 Å². The molecule has 2 atom stereocenters. The number of hydrogen-bond acceptors (Lipinski definition) is 6. The highest BCUT2D eigenvalue weighted by Gasteiger charge is 2.59. The van der Waals surface area contributed by atoms with Gasteiger partial charge in [-0.3, -0.25) is 4.79 Å². The van der Waals surface area contributed by atoms with Crippen molar-refractivity contribution in [1.29, 1.82) is 0 Å². The number of likely N-dealkylation sites (tertiary alicyclic amines) is 2. The second-order valence-corrected chi connectivity index (χ2v) is 14.1. The Bertz CT molecular complexity index is 1470. The molecule has 0 N–H and O–H groups in total. The zero-order valence-electron chi connectivity index (χ0n) is 22.8. The van der Waals surface area contributed by atoms with Gasteiger partial charge >= 0.3 is 11.9 Å². The van der Waals surface area contributed by atoms with Gasteiger partial charge in [0.1, 0.15) is 23.2 Å². The molecule has 3 aromatic carbocycles. The van der Waals surface area contributed by atoms with Crippen LogP contribution >= 0.6 is 7.26 Å². The average Bonchev–Trinajstić information content (AvgIpc) is 3.73. The van der Waals surface area contributed by atoms with E-state index >= 15 is 0 Å². The minimum Gasteiger partial charge on any atom is -0.441 e. The maximum Gasteiger partial charge on any atom is 0.519 e. The first-order chi connectivity index (χ1) is 20.0. The summed E-state index contributed by atoms with van der Waals surface area (Å²) < 4.78 is 15.2. The van der Waals surface area contributed by atoms with E-state index in [0.717, 1.165) is 6.42 Å². The SMILES string of the molecule is Cc1oc(=O)oc1COC(=O)N1CCC(N2CC[C@@H]([P+](c3ccccc3)(c3ccccc3)c3ccccc3)C2=O)C1. The first kappa shape index (κ1) is 27.0. The summed E-state index contributed by atoms with van der Waals surface area (Å²) in [4.78, 5) is 42.2. The molecule has 1 unspecified atom stereocenters. The number of carbonyl (C=O) groups excluding carboxylic acids is 2. The van der Waals surface area contributed by atoms with Gasteiger partial charge in [-0.05, 0) is 49.7 Å². The Kier molecular flexibility index (Phi) is 7.50. The molecule has 2 aliphatic rings. The standard InChI is InChI=1S/C32H32N2O6P/c1-23-28(40-32(37)39-23)22-38-31(36)33-19-17-24(21-33)34-20-18-29(30(34)35)41(25-11-5-2-6-12-25,26-13-7-3-8-14-26)27-15-9-4-10-16-27/h2-16,24,29H,17-22H2,1H3/q+1/t24?,29-/m1/s1. The summed E-state index contributed by atoms with van der Waals surface area (Å²) in [5.74, 6) is -0.194. The van der Waals surface area contributed by atoms with Crippen molar-refractivity contribution < 1.29 is 23.2 Å². The Labute approximate surface area is 238 Å². The summed E-state index contributed by atoms with van der Waals surface area (Å²) in [5.41, 5.74) is -0.206. The fraction of sp³-hybridized carbons (Fsp3) is 0.281. The summed E-state index contributed by atoms with van der Waals surface area (Å²) >= 11 is 0. The Morgan fingerprint density at radius 1 is 0.829 bits per heavy atom. The van der Waals surface area contributed by atoms with Crippen LogP contribution in [0.2, 0.25) is 0 Å². The Morgan fingerprint density at radius 2 is 1.39 bits per heavy atom. The maximum atomic E-state index is 14.5. The van der Waals surface area contributed by atoms with Gasteiger partial charge in [0, 0.05) is 26.1 Å². The number of amides is 2. The first-order valence-corrected chi connectivity index (χ1v) is 15.7. The van der Waals surface area contributed by atoms with Crippen molar-refractivity contribution in [2.75, 3.05) is 19.6 Å². The number of ether oxygens (including phenoxy) is 1. The first-order valence-electron chi connectivity index (χ1n) is 13.9. The van der Waals surface area contributed by atoms with Gasteiger partial charge in [0.25, 0.3) is 5.91 Å². The lowest BCUT2D eigenvalue weighted by atomic mass is 10.2. The van der Waals surface area contributed by atoms with Crippen molar-refractivity contribution in [3.05, 3.63) is 113 Å². The second-order valence-electron chi connectivity index (χ2n) is 10.4. The zero-order valence-corrected chi connectivity index (χ0v) is 23.7. The molecule has 9 heteroatoms. The summed E-state index contributed by atoms with van der Waals surface area (Å²) in [6.07, 6.45) is 0.921. The number of nitrogens with zero attached hydrogens (tertiary/aromatic N) is 2. The van der Waals surface area contributed by atoms with E-state index in [2.05, 4.69) is 72.8 Å². The fourth-order valence-electron chi connectivity index (χ4n) is 6.27. The number of carbonyl (C=O) groups is 2. The molecule has 2 amide bonds. The molecule has 8 nitrogen and oxygen atoms in total. The zero-order chi connectivity index (χ0) is 28.4. The molecule has 0 bridgehead atoms. The van der Waals surface area contributed by atoms with Gasteiger partial charge in [-0.15, -0.1) is 0 Å². The summed E-state index contributed by atoms with van der Waals surface area (Å²) in [6, 6.07) is 31.3. The van der Waals surface area contributed by atoms with Crippen LogP contribution in [0.15, 0.2) is 105 Å². The predicted octanol–water partition coefficient (Wildman–Crippen LogP) is 3.85. The second kappa shape index (κ2) is 11.4. The van der Waals surface area contributed by atoms with Gasteiger partial charge in [0.05, 0.1) is 6.04 Å². The third-order valence-corrected chi connectivity index (χ3v) is 12.9. The number of aryl methyl sites for hydroxylation is 1. The largest absolute Gasteiger partial charge is 0.519 e. The average molecular weight is 572 g/mol. The Morgan fingerprint density at radius 3 is 1.90 bits per heavy atom. The van der Waals surface area contributed by atoms with E-state index in [1.165, 1.54) is 15.9 Å². The lowest BCUT2D eigenvalue weighted by Crippen LogP contribution is -2.45. The summed E-state index contributed by atoms with van der Waals surface area (Å²) in [7, 11) is -2.36. The highest BCUT2D eigenvalue weighted by molar-refractivity contribution is 7.96. The van der Waals surface area contributed by atoms with Crippen molar-refractivity contribution in [2.24, 2.45) is 0 Å².